The van der Waals surface area contributed by atoms with Gasteiger partial charge in [-0.2, -0.15) is 0 Å². The van der Waals surface area contributed by atoms with Gasteiger partial charge in [0.15, 0.2) is 0 Å². The summed E-state index contributed by atoms with van der Waals surface area (Å²) >= 11 is 0. The molecule has 1 aromatic heterocycles. The second-order valence-corrected chi connectivity index (χ2v) is 6.52. The Balaban J connectivity index is 1.94. The summed E-state index contributed by atoms with van der Waals surface area (Å²) in [6.45, 7) is 4.19. The first kappa shape index (κ1) is 18.0. The smallest absolute Gasteiger partial charge is 0.342 e. The summed E-state index contributed by atoms with van der Waals surface area (Å²) in [4.78, 5) is 12.2. The summed E-state index contributed by atoms with van der Waals surface area (Å²) in [5.41, 5.74) is 5.05. The van der Waals surface area contributed by atoms with Crippen molar-refractivity contribution in [2.45, 2.75) is 39.5 Å². The van der Waals surface area contributed by atoms with Crippen molar-refractivity contribution in [1.29, 1.82) is 0 Å². The number of rotatable bonds is 6. The summed E-state index contributed by atoms with van der Waals surface area (Å²) in [7, 11) is 0. The monoisotopic (exact) mass is 348 g/mol. The van der Waals surface area contributed by atoms with E-state index in [0.29, 0.717) is 24.0 Å². The zero-order valence-corrected chi connectivity index (χ0v) is 15.3. The number of aromatic hydroxyl groups is 1. The molecule has 0 saturated heterocycles. The highest BCUT2D eigenvalue weighted by molar-refractivity contribution is 5.43. The molecule has 0 radical (unpaired) electrons. The molecule has 3 rings (SSSR count). The highest BCUT2D eigenvalue weighted by Crippen LogP contribution is 2.26. The Bertz CT molecular complexity index is 954. The van der Waals surface area contributed by atoms with Crippen LogP contribution in [0, 0.1) is 0 Å². The van der Waals surface area contributed by atoms with Gasteiger partial charge in [-0.15, -0.1) is 0 Å². The van der Waals surface area contributed by atoms with Crippen LogP contribution in [0.5, 0.6) is 5.75 Å². The molecule has 2 aromatic carbocycles. The van der Waals surface area contributed by atoms with Crippen LogP contribution < -0.4 is 5.63 Å². The molecule has 0 saturated carbocycles. The van der Waals surface area contributed by atoms with Gasteiger partial charge in [0.25, 0.3) is 0 Å². The van der Waals surface area contributed by atoms with Gasteiger partial charge >= 0.3 is 5.63 Å². The Morgan fingerprint density at radius 2 is 1.58 bits per heavy atom. The van der Waals surface area contributed by atoms with Crippen molar-refractivity contribution in [1.82, 2.24) is 0 Å². The zero-order valence-electron chi connectivity index (χ0n) is 15.3. The van der Waals surface area contributed by atoms with E-state index in [-0.39, 0.29) is 5.75 Å². The Kier molecular flexibility index (Phi) is 5.57. The maximum atomic E-state index is 12.2. The van der Waals surface area contributed by atoms with Crippen LogP contribution in [0.25, 0.3) is 0 Å². The van der Waals surface area contributed by atoms with Crippen LogP contribution in [0.4, 0.5) is 0 Å². The highest BCUT2D eigenvalue weighted by atomic mass is 16.4. The third-order valence-electron chi connectivity index (χ3n) is 4.81. The SMILES string of the molecule is CCc1cccc(Cc2coc(=O)c(Cc3ccccc3CC)c2O)c1. The lowest BCUT2D eigenvalue weighted by Gasteiger charge is -2.11. The molecule has 0 fully saturated rings. The first-order valence-electron chi connectivity index (χ1n) is 9.09. The first-order chi connectivity index (χ1) is 12.6. The first-order valence-corrected chi connectivity index (χ1v) is 9.09. The van der Waals surface area contributed by atoms with Gasteiger partial charge < -0.3 is 9.52 Å². The van der Waals surface area contributed by atoms with Crippen molar-refractivity contribution in [2.24, 2.45) is 0 Å². The van der Waals surface area contributed by atoms with Gasteiger partial charge in [-0.25, -0.2) is 4.79 Å². The predicted octanol–water partition coefficient (Wildman–Crippen LogP) is 4.65. The highest BCUT2D eigenvalue weighted by Gasteiger charge is 2.16. The average molecular weight is 348 g/mol. The summed E-state index contributed by atoms with van der Waals surface area (Å²) < 4.78 is 5.23. The zero-order chi connectivity index (χ0) is 18.5. The maximum absolute atomic E-state index is 12.2. The molecule has 0 aliphatic heterocycles. The van der Waals surface area contributed by atoms with E-state index in [9.17, 15) is 9.90 Å². The molecule has 3 nitrogen and oxygen atoms in total. The molecule has 0 amide bonds. The van der Waals surface area contributed by atoms with E-state index in [2.05, 4.69) is 26.0 Å². The number of benzene rings is 2. The van der Waals surface area contributed by atoms with Crippen molar-refractivity contribution in [3.8, 4) is 5.75 Å². The fraction of sp³-hybridized carbons (Fsp3) is 0.261. The van der Waals surface area contributed by atoms with Crippen molar-refractivity contribution in [3.63, 3.8) is 0 Å². The van der Waals surface area contributed by atoms with E-state index in [1.165, 1.54) is 17.4 Å². The normalized spacial score (nSPS) is 10.8. The second-order valence-electron chi connectivity index (χ2n) is 6.52. The molecule has 0 spiro atoms. The minimum Gasteiger partial charge on any atom is -0.507 e. The van der Waals surface area contributed by atoms with Gasteiger partial charge in [-0.1, -0.05) is 62.4 Å². The van der Waals surface area contributed by atoms with Crippen LogP contribution >= 0.6 is 0 Å². The molecule has 0 aliphatic carbocycles. The van der Waals surface area contributed by atoms with Gasteiger partial charge in [0.1, 0.15) is 12.0 Å². The molecule has 0 unspecified atom stereocenters. The molecule has 0 aliphatic rings. The molecule has 3 heteroatoms. The molecule has 3 aromatic rings. The van der Waals surface area contributed by atoms with Gasteiger partial charge in [-0.05, 0) is 35.1 Å². The molecule has 1 N–H and O–H groups in total. The predicted molar refractivity (Wildman–Crippen MR) is 104 cm³/mol. The van der Waals surface area contributed by atoms with Crippen LogP contribution in [0.2, 0.25) is 0 Å². The Labute approximate surface area is 153 Å². The fourth-order valence-electron chi connectivity index (χ4n) is 3.27. The lowest BCUT2D eigenvalue weighted by Crippen LogP contribution is -2.10. The van der Waals surface area contributed by atoms with Crippen molar-refractivity contribution in [2.75, 3.05) is 0 Å². The molecule has 1 heterocycles. The van der Waals surface area contributed by atoms with Crippen LogP contribution in [-0.2, 0) is 25.7 Å². The van der Waals surface area contributed by atoms with Gasteiger partial charge in [0, 0.05) is 18.4 Å². The van der Waals surface area contributed by atoms with Crippen molar-refractivity contribution in [3.05, 3.63) is 98.6 Å². The molecule has 0 bridgehead atoms. The third-order valence-corrected chi connectivity index (χ3v) is 4.81. The number of aryl methyl sites for hydroxylation is 2. The fourth-order valence-corrected chi connectivity index (χ4v) is 3.27. The lowest BCUT2D eigenvalue weighted by molar-refractivity contribution is 0.428. The molecule has 26 heavy (non-hydrogen) atoms. The largest absolute Gasteiger partial charge is 0.507 e. The molecule has 0 atom stereocenters. The average Bonchev–Trinajstić information content (AvgIpc) is 2.68. The van der Waals surface area contributed by atoms with E-state index in [0.717, 1.165) is 24.0 Å². The topological polar surface area (TPSA) is 50.4 Å². The van der Waals surface area contributed by atoms with Crippen LogP contribution in [-0.4, -0.2) is 5.11 Å². The Morgan fingerprint density at radius 3 is 2.31 bits per heavy atom. The van der Waals surface area contributed by atoms with Crippen LogP contribution in [0.3, 0.4) is 0 Å². The van der Waals surface area contributed by atoms with Gasteiger partial charge in [-0.3, -0.25) is 0 Å². The third kappa shape index (κ3) is 3.88. The number of hydrogen-bond acceptors (Lipinski definition) is 3. The van der Waals surface area contributed by atoms with Crippen molar-refractivity contribution >= 4 is 0 Å². The maximum Gasteiger partial charge on any atom is 0.342 e. The summed E-state index contributed by atoms with van der Waals surface area (Å²) in [6.07, 6.45) is 4.13. The minimum absolute atomic E-state index is 0.0501. The number of hydrogen-bond donors (Lipinski definition) is 1. The Hall–Kier alpha value is -2.81. The van der Waals surface area contributed by atoms with E-state index in [1.54, 1.807) is 0 Å². The minimum atomic E-state index is -0.473. The lowest BCUT2D eigenvalue weighted by atomic mass is 9.96. The Morgan fingerprint density at radius 1 is 0.846 bits per heavy atom. The van der Waals surface area contributed by atoms with Crippen LogP contribution in [0.15, 0.2) is 64.0 Å². The molecular formula is C23H24O3. The quantitative estimate of drug-likeness (QED) is 0.705. The van der Waals surface area contributed by atoms with Gasteiger partial charge in [0.05, 0.1) is 5.56 Å². The van der Waals surface area contributed by atoms with E-state index >= 15 is 0 Å². The summed E-state index contributed by atoms with van der Waals surface area (Å²) in [5, 5.41) is 10.7. The van der Waals surface area contributed by atoms with Crippen molar-refractivity contribution < 1.29 is 9.52 Å². The second kappa shape index (κ2) is 8.05. The summed E-state index contributed by atoms with van der Waals surface area (Å²) in [6, 6.07) is 16.2. The van der Waals surface area contributed by atoms with E-state index < -0.39 is 5.63 Å². The molecule has 134 valence electrons. The molecular weight excluding hydrogens is 324 g/mol. The van der Waals surface area contributed by atoms with Crippen LogP contribution in [0.1, 0.15) is 47.2 Å². The standard InChI is InChI=1S/C23H24O3/c1-3-16-8-7-9-17(12-16)13-20-15-26-23(25)21(22(20)24)14-19-11-6-5-10-18(19)4-2/h5-12,15,24H,3-4,13-14H2,1-2H3. The van der Waals surface area contributed by atoms with E-state index in [1.807, 2.05) is 36.4 Å². The van der Waals surface area contributed by atoms with Gasteiger partial charge in [0.2, 0.25) is 0 Å². The van der Waals surface area contributed by atoms with E-state index in [4.69, 9.17) is 4.42 Å². The summed E-state index contributed by atoms with van der Waals surface area (Å²) in [5.74, 6) is 0.0501.